The topological polar surface area (TPSA) is 15.7 Å². The summed E-state index contributed by atoms with van der Waals surface area (Å²) >= 11 is 0. The molecular formula is C26H36ClF3N2O. The zero-order valence-electron chi connectivity index (χ0n) is 19.9. The number of alkyl halides is 3. The molecule has 0 radical (unpaired) electrons. The van der Waals surface area contributed by atoms with Gasteiger partial charge in [0.1, 0.15) is 5.75 Å². The molecule has 0 N–H and O–H groups in total. The van der Waals surface area contributed by atoms with Crippen molar-refractivity contribution in [2.75, 3.05) is 45.2 Å². The van der Waals surface area contributed by atoms with Gasteiger partial charge in [0.15, 0.2) is 0 Å². The van der Waals surface area contributed by atoms with E-state index in [1.54, 1.807) is 0 Å². The van der Waals surface area contributed by atoms with Gasteiger partial charge in [-0.1, -0.05) is 26.0 Å². The number of hydrogen-bond acceptors (Lipinski definition) is 3. The van der Waals surface area contributed by atoms with E-state index in [9.17, 15) is 13.2 Å². The normalized spacial score (nSPS) is 19.3. The van der Waals surface area contributed by atoms with Crippen molar-refractivity contribution in [3.05, 3.63) is 59.7 Å². The molecule has 0 bridgehead atoms. The molecule has 1 fully saturated rings. The molecule has 2 aromatic rings. The van der Waals surface area contributed by atoms with Crippen LogP contribution in [-0.4, -0.2) is 45.2 Å². The van der Waals surface area contributed by atoms with Gasteiger partial charge in [-0.2, -0.15) is 13.2 Å². The molecule has 2 aromatic carbocycles. The van der Waals surface area contributed by atoms with Crippen LogP contribution in [0.1, 0.15) is 43.7 Å². The molecule has 0 amide bonds. The molecule has 3 rings (SSSR count). The number of piperidine rings is 1. The molecule has 0 unspecified atom stereocenters. The maximum Gasteiger partial charge on any atom is 0.416 e. The summed E-state index contributed by atoms with van der Waals surface area (Å²) in [6.07, 6.45) is -2.11. The van der Waals surface area contributed by atoms with E-state index in [0.29, 0.717) is 24.2 Å². The first-order valence-corrected chi connectivity index (χ1v) is 11.4. The second-order valence-corrected chi connectivity index (χ2v) is 9.46. The van der Waals surface area contributed by atoms with Gasteiger partial charge in [0.05, 0.1) is 12.2 Å². The lowest BCUT2D eigenvalue weighted by Gasteiger charge is -2.39. The number of benzene rings is 2. The van der Waals surface area contributed by atoms with Crippen LogP contribution in [0.4, 0.5) is 18.9 Å². The van der Waals surface area contributed by atoms with E-state index in [4.69, 9.17) is 4.74 Å². The lowest BCUT2D eigenvalue weighted by molar-refractivity contribution is -0.137. The van der Waals surface area contributed by atoms with Crippen molar-refractivity contribution in [1.82, 2.24) is 4.90 Å². The first kappa shape index (κ1) is 27.3. The van der Waals surface area contributed by atoms with Crippen LogP contribution in [0.3, 0.4) is 0 Å². The van der Waals surface area contributed by atoms with Crippen LogP contribution in [-0.2, 0) is 6.18 Å². The summed E-state index contributed by atoms with van der Waals surface area (Å²) in [5.41, 5.74) is 1.82. The van der Waals surface area contributed by atoms with Crippen LogP contribution in [0.2, 0.25) is 0 Å². The molecule has 3 nitrogen and oxygen atoms in total. The third-order valence-corrected chi connectivity index (χ3v) is 6.32. The molecule has 7 heteroatoms. The van der Waals surface area contributed by atoms with Crippen molar-refractivity contribution >= 4 is 18.1 Å². The van der Waals surface area contributed by atoms with Crippen molar-refractivity contribution in [2.24, 2.45) is 11.8 Å². The average Bonchev–Trinajstić information content (AvgIpc) is 2.76. The second-order valence-electron chi connectivity index (χ2n) is 9.46. The Balaban J connectivity index is 0.00000385. The van der Waals surface area contributed by atoms with Gasteiger partial charge in [-0.25, -0.2) is 0 Å². The Bertz CT molecular complexity index is 838. The van der Waals surface area contributed by atoms with Crippen LogP contribution in [0.15, 0.2) is 48.5 Å². The lowest BCUT2D eigenvalue weighted by Crippen LogP contribution is -2.42. The Morgan fingerprint density at radius 1 is 1.03 bits per heavy atom. The highest BCUT2D eigenvalue weighted by atomic mass is 35.5. The SMILES string of the molecule is CC(C)CCN1CC[C@@H](c2ccc(N(C)C)cc2)[C@H](COc2ccc(C(F)(F)F)cc2)C1.Cl. The Kier molecular flexibility index (Phi) is 9.92. The fourth-order valence-corrected chi connectivity index (χ4v) is 4.32. The Labute approximate surface area is 202 Å². The van der Waals surface area contributed by atoms with Crippen molar-refractivity contribution in [2.45, 2.75) is 38.8 Å². The van der Waals surface area contributed by atoms with E-state index >= 15 is 0 Å². The minimum Gasteiger partial charge on any atom is -0.493 e. The fraction of sp³-hybridized carbons (Fsp3) is 0.538. The quantitative estimate of drug-likeness (QED) is 0.413. The molecule has 33 heavy (non-hydrogen) atoms. The first-order chi connectivity index (χ1) is 15.1. The maximum atomic E-state index is 12.8. The zero-order valence-corrected chi connectivity index (χ0v) is 20.8. The molecule has 0 aliphatic carbocycles. The fourth-order valence-electron chi connectivity index (χ4n) is 4.32. The summed E-state index contributed by atoms with van der Waals surface area (Å²) in [6.45, 7) is 8.04. The van der Waals surface area contributed by atoms with Gasteiger partial charge >= 0.3 is 6.18 Å². The number of halogens is 4. The second kappa shape index (κ2) is 12.0. The maximum absolute atomic E-state index is 12.8. The number of likely N-dealkylation sites (tertiary alicyclic amines) is 1. The Morgan fingerprint density at radius 3 is 2.21 bits per heavy atom. The highest BCUT2D eigenvalue weighted by Crippen LogP contribution is 2.35. The van der Waals surface area contributed by atoms with Gasteiger partial charge in [0.25, 0.3) is 0 Å². The van der Waals surface area contributed by atoms with Crippen molar-refractivity contribution in [3.63, 3.8) is 0 Å². The molecule has 1 saturated heterocycles. The van der Waals surface area contributed by atoms with E-state index in [0.717, 1.165) is 44.6 Å². The summed E-state index contributed by atoms with van der Waals surface area (Å²) < 4.78 is 44.5. The summed E-state index contributed by atoms with van der Waals surface area (Å²) in [7, 11) is 4.06. The molecule has 1 aliphatic rings. The highest BCUT2D eigenvalue weighted by Gasteiger charge is 2.32. The molecule has 0 aromatic heterocycles. The van der Waals surface area contributed by atoms with Crippen LogP contribution in [0.25, 0.3) is 0 Å². The van der Waals surface area contributed by atoms with Gasteiger partial charge in [-0.05, 0) is 79.7 Å². The van der Waals surface area contributed by atoms with Crippen LogP contribution in [0.5, 0.6) is 5.75 Å². The molecule has 1 aliphatic heterocycles. The summed E-state index contributed by atoms with van der Waals surface area (Å²) in [4.78, 5) is 4.59. The smallest absolute Gasteiger partial charge is 0.416 e. The van der Waals surface area contributed by atoms with Gasteiger partial charge in [0.2, 0.25) is 0 Å². The molecule has 2 atom stereocenters. The van der Waals surface area contributed by atoms with Gasteiger partial charge in [-0.15, -0.1) is 12.4 Å². The predicted molar refractivity (Wildman–Crippen MR) is 132 cm³/mol. The largest absolute Gasteiger partial charge is 0.493 e. The zero-order chi connectivity index (χ0) is 23.3. The van der Waals surface area contributed by atoms with E-state index in [2.05, 4.69) is 47.9 Å². The summed E-state index contributed by atoms with van der Waals surface area (Å²) in [5.74, 6) is 1.80. The highest BCUT2D eigenvalue weighted by molar-refractivity contribution is 5.85. The van der Waals surface area contributed by atoms with Gasteiger partial charge in [-0.3, -0.25) is 0 Å². The van der Waals surface area contributed by atoms with E-state index in [1.807, 2.05) is 14.1 Å². The van der Waals surface area contributed by atoms with E-state index < -0.39 is 11.7 Å². The molecule has 0 saturated carbocycles. The standard InChI is InChI=1S/C26H35F3N2O.ClH/c1-19(2)13-15-31-16-14-25(20-5-9-23(10-6-20)30(3)4)21(17-31)18-32-24-11-7-22(8-12-24)26(27,28)29;/h5-12,19,21,25H,13-18H2,1-4H3;1H/t21-,25-;/m0./s1. The van der Waals surface area contributed by atoms with Crippen LogP contribution in [0, 0.1) is 11.8 Å². The predicted octanol–water partition coefficient (Wildman–Crippen LogP) is 6.72. The minimum absolute atomic E-state index is 0. The van der Waals surface area contributed by atoms with Gasteiger partial charge in [0, 0.05) is 32.2 Å². The molecule has 184 valence electrons. The molecule has 1 heterocycles. The monoisotopic (exact) mass is 484 g/mol. The first-order valence-electron chi connectivity index (χ1n) is 11.4. The minimum atomic E-state index is -4.33. The number of anilines is 1. The van der Waals surface area contributed by atoms with E-state index in [1.165, 1.54) is 23.4 Å². The van der Waals surface area contributed by atoms with E-state index in [-0.39, 0.29) is 18.3 Å². The molecule has 0 spiro atoms. The van der Waals surface area contributed by atoms with Crippen molar-refractivity contribution in [3.8, 4) is 5.75 Å². The van der Waals surface area contributed by atoms with Crippen LogP contribution >= 0.6 is 12.4 Å². The third kappa shape index (κ3) is 7.82. The van der Waals surface area contributed by atoms with Gasteiger partial charge < -0.3 is 14.5 Å². The Morgan fingerprint density at radius 2 is 1.67 bits per heavy atom. The lowest BCUT2D eigenvalue weighted by atomic mass is 9.80. The molecular weight excluding hydrogens is 449 g/mol. The van der Waals surface area contributed by atoms with Crippen molar-refractivity contribution in [1.29, 1.82) is 0 Å². The number of rotatable bonds is 8. The summed E-state index contributed by atoms with van der Waals surface area (Å²) in [5, 5.41) is 0. The van der Waals surface area contributed by atoms with Crippen molar-refractivity contribution < 1.29 is 17.9 Å². The number of hydrogen-bond donors (Lipinski definition) is 0. The third-order valence-electron chi connectivity index (χ3n) is 6.32. The van der Waals surface area contributed by atoms with Crippen LogP contribution < -0.4 is 9.64 Å². The average molecular weight is 485 g/mol. The number of nitrogens with zero attached hydrogens (tertiary/aromatic N) is 2. The Hall–Kier alpha value is -1.92. The summed E-state index contributed by atoms with van der Waals surface area (Å²) in [6, 6.07) is 13.7. The number of ether oxygens (including phenoxy) is 1.